The molecular formula is C3H6O6P. The molecule has 0 spiro atoms. The van der Waals surface area contributed by atoms with E-state index in [9.17, 15) is 9.36 Å². The summed E-state index contributed by atoms with van der Waals surface area (Å²) in [6, 6.07) is 0. The Hall–Kier alpha value is -0.260. The van der Waals surface area contributed by atoms with E-state index in [1.165, 1.54) is 0 Å². The van der Waals surface area contributed by atoms with E-state index in [1.807, 2.05) is 0 Å². The average Bonchev–Trinajstić information content (AvgIpc) is 1.81. The standard InChI is InChI=1S/C3H6O6P/c4-1-3(5)2-9-10(6,7)8/h3,5H,2H2,(H2,6,7,8)/t3-/m1/s1. The summed E-state index contributed by atoms with van der Waals surface area (Å²) in [6.07, 6.45) is -0.529. The highest BCUT2D eigenvalue weighted by Gasteiger charge is 2.16. The van der Waals surface area contributed by atoms with Crippen LogP contribution >= 0.6 is 7.82 Å². The molecule has 0 bridgehead atoms. The molecule has 6 nitrogen and oxygen atoms in total. The third-order valence-corrected chi connectivity index (χ3v) is 1.02. The Morgan fingerprint density at radius 3 is 2.40 bits per heavy atom. The summed E-state index contributed by atoms with van der Waals surface area (Å²) >= 11 is 0. The van der Waals surface area contributed by atoms with Gasteiger partial charge < -0.3 is 14.9 Å². The van der Waals surface area contributed by atoms with E-state index >= 15 is 0 Å². The van der Waals surface area contributed by atoms with Gasteiger partial charge in [0.2, 0.25) is 6.29 Å². The molecule has 0 aromatic heterocycles. The van der Waals surface area contributed by atoms with Crippen LogP contribution in [0.15, 0.2) is 0 Å². The van der Waals surface area contributed by atoms with Crippen LogP contribution in [0.25, 0.3) is 0 Å². The van der Waals surface area contributed by atoms with Crippen molar-refractivity contribution >= 4 is 14.1 Å². The van der Waals surface area contributed by atoms with Crippen LogP contribution in [0.1, 0.15) is 0 Å². The zero-order valence-corrected chi connectivity index (χ0v) is 5.69. The van der Waals surface area contributed by atoms with Gasteiger partial charge in [-0.15, -0.1) is 0 Å². The Labute approximate surface area is 56.7 Å². The van der Waals surface area contributed by atoms with Gasteiger partial charge in [-0.05, 0) is 0 Å². The first-order valence-electron chi connectivity index (χ1n) is 2.21. The third-order valence-electron chi connectivity index (χ3n) is 0.537. The largest absolute Gasteiger partial charge is 0.469 e. The maximum atomic E-state index is 9.88. The maximum Gasteiger partial charge on any atom is 0.469 e. The van der Waals surface area contributed by atoms with Crippen LogP contribution in [0.5, 0.6) is 0 Å². The monoisotopic (exact) mass is 169 g/mol. The lowest BCUT2D eigenvalue weighted by molar-refractivity contribution is 0.122. The summed E-state index contributed by atoms with van der Waals surface area (Å²) < 4.78 is 13.6. The van der Waals surface area contributed by atoms with Crippen molar-refractivity contribution in [3.63, 3.8) is 0 Å². The van der Waals surface area contributed by atoms with Gasteiger partial charge in [0.05, 0.1) is 6.61 Å². The molecule has 3 N–H and O–H groups in total. The van der Waals surface area contributed by atoms with Gasteiger partial charge in [-0.1, -0.05) is 0 Å². The summed E-state index contributed by atoms with van der Waals surface area (Å²) in [5.41, 5.74) is 0. The Balaban J connectivity index is 3.55. The van der Waals surface area contributed by atoms with Crippen molar-refractivity contribution in [2.45, 2.75) is 6.10 Å². The zero-order chi connectivity index (χ0) is 8.20. The number of phosphoric ester groups is 1. The number of phosphoric acid groups is 1. The van der Waals surface area contributed by atoms with E-state index in [0.717, 1.165) is 6.29 Å². The van der Waals surface area contributed by atoms with Crippen LogP contribution in [0.2, 0.25) is 0 Å². The molecule has 0 aliphatic carbocycles. The van der Waals surface area contributed by atoms with Crippen LogP contribution in [0.4, 0.5) is 0 Å². The number of aliphatic hydroxyl groups is 1. The van der Waals surface area contributed by atoms with E-state index in [-0.39, 0.29) is 0 Å². The molecule has 0 heterocycles. The Morgan fingerprint density at radius 2 is 2.10 bits per heavy atom. The van der Waals surface area contributed by atoms with Gasteiger partial charge in [-0.25, -0.2) is 4.57 Å². The summed E-state index contributed by atoms with van der Waals surface area (Å²) in [5.74, 6) is 0. The van der Waals surface area contributed by atoms with Crippen molar-refractivity contribution in [2.75, 3.05) is 6.61 Å². The molecule has 1 atom stereocenters. The topological polar surface area (TPSA) is 104 Å². The number of rotatable bonds is 4. The first-order valence-corrected chi connectivity index (χ1v) is 3.74. The summed E-state index contributed by atoms with van der Waals surface area (Å²) in [7, 11) is -4.57. The summed E-state index contributed by atoms with van der Waals surface area (Å²) in [4.78, 5) is 25.5. The molecule has 0 aromatic carbocycles. The van der Waals surface area contributed by atoms with Gasteiger partial charge in [0, 0.05) is 0 Å². The highest BCUT2D eigenvalue weighted by molar-refractivity contribution is 7.46. The molecular weight excluding hydrogens is 163 g/mol. The van der Waals surface area contributed by atoms with E-state index in [4.69, 9.17) is 14.9 Å². The van der Waals surface area contributed by atoms with Crippen molar-refractivity contribution < 1.29 is 28.8 Å². The second-order valence-electron chi connectivity index (χ2n) is 1.42. The minimum atomic E-state index is -4.57. The third kappa shape index (κ3) is 5.87. The van der Waals surface area contributed by atoms with Gasteiger partial charge >= 0.3 is 7.82 Å². The van der Waals surface area contributed by atoms with Gasteiger partial charge in [0.1, 0.15) is 6.10 Å². The molecule has 59 valence electrons. The Bertz CT molecular complexity index is 149. The molecule has 0 saturated carbocycles. The SMILES string of the molecule is O=[C][C@@H](O)COP(=O)(O)O. The van der Waals surface area contributed by atoms with Crippen LogP contribution < -0.4 is 0 Å². The van der Waals surface area contributed by atoms with E-state index in [2.05, 4.69) is 4.52 Å². The molecule has 7 heteroatoms. The molecule has 0 aliphatic rings. The van der Waals surface area contributed by atoms with Gasteiger partial charge in [-0.2, -0.15) is 0 Å². The lowest BCUT2D eigenvalue weighted by atomic mass is 10.4. The summed E-state index contributed by atoms with van der Waals surface area (Å²) in [6.45, 7) is -0.742. The Morgan fingerprint density at radius 1 is 1.60 bits per heavy atom. The van der Waals surface area contributed by atoms with Crippen molar-refractivity contribution in [2.24, 2.45) is 0 Å². The van der Waals surface area contributed by atoms with Crippen LogP contribution in [0.3, 0.4) is 0 Å². The normalized spacial score (nSPS) is 14.7. The van der Waals surface area contributed by atoms with Crippen LogP contribution in [-0.4, -0.2) is 33.9 Å². The Kier molecular flexibility index (Phi) is 3.70. The number of aliphatic hydroxyl groups excluding tert-OH is 1. The van der Waals surface area contributed by atoms with E-state index < -0.39 is 20.5 Å². The highest BCUT2D eigenvalue weighted by atomic mass is 31.2. The molecule has 0 aliphatic heterocycles. The predicted molar refractivity (Wildman–Crippen MR) is 29.7 cm³/mol. The lowest BCUT2D eigenvalue weighted by Crippen LogP contribution is -2.15. The van der Waals surface area contributed by atoms with Crippen molar-refractivity contribution in [1.29, 1.82) is 0 Å². The van der Waals surface area contributed by atoms with Gasteiger partial charge in [0.15, 0.2) is 0 Å². The minimum absolute atomic E-state index is 0.742. The van der Waals surface area contributed by atoms with Gasteiger partial charge in [0.25, 0.3) is 0 Å². The second-order valence-corrected chi connectivity index (χ2v) is 2.66. The predicted octanol–water partition coefficient (Wildman–Crippen LogP) is -1.43. The van der Waals surface area contributed by atoms with E-state index in [0.29, 0.717) is 0 Å². The molecule has 1 radical (unpaired) electrons. The van der Waals surface area contributed by atoms with Crippen LogP contribution in [0, 0.1) is 0 Å². The van der Waals surface area contributed by atoms with Crippen molar-refractivity contribution in [1.82, 2.24) is 0 Å². The fourth-order valence-corrected chi connectivity index (χ4v) is 0.537. The maximum absolute atomic E-state index is 9.88. The van der Waals surface area contributed by atoms with Crippen molar-refractivity contribution in [3.05, 3.63) is 0 Å². The second kappa shape index (κ2) is 3.80. The van der Waals surface area contributed by atoms with Crippen LogP contribution in [-0.2, 0) is 13.9 Å². The molecule has 0 fully saturated rings. The highest BCUT2D eigenvalue weighted by Crippen LogP contribution is 2.35. The fourth-order valence-electron chi connectivity index (χ4n) is 0.202. The quantitative estimate of drug-likeness (QED) is 0.445. The van der Waals surface area contributed by atoms with E-state index in [1.54, 1.807) is 0 Å². The number of carbonyl (C=O) groups excluding carboxylic acids is 1. The number of hydrogen-bond donors (Lipinski definition) is 3. The average molecular weight is 169 g/mol. The fraction of sp³-hybridized carbons (Fsp3) is 0.667. The zero-order valence-electron chi connectivity index (χ0n) is 4.80. The molecule has 0 unspecified atom stereocenters. The summed E-state index contributed by atoms with van der Waals surface area (Å²) in [5, 5.41) is 8.33. The first-order chi connectivity index (χ1) is 4.45. The number of hydrogen-bond acceptors (Lipinski definition) is 4. The minimum Gasteiger partial charge on any atom is -0.382 e. The molecule has 0 aromatic rings. The lowest BCUT2D eigenvalue weighted by Gasteiger charge is -2.04. The molecule has 0 saturated heterocycles. The molecule has 0 rings (SSSR count). The first kappa shape index (κ1) is 9.74. The molecule has 10 heavy (non-hydrogen) atoms. The van der Waals surface area contributed by atoms with Crippen molar-refractivity contribution in [3.8, 4) is 0 Å². The van der Waals surface area contributed by atoms with Gasteiger partial charge in [-0.3, -0.25) is 9.32 Å². The molecule has 0 amide bonds. The smallest absolute Gasteiger partial charge is 0.382 e.